The number of nitrogens with zero attached hydrogens (tertiary/aromatic N) is 4. The third kappa shape index (κ3) is 4.96. The maximum absolute atomic E-state index is 11.7. The summed E-state index contributed by atoms with van der Waals surface area (Å²) in [6.45, 7) is 7.34. The molecular formula is C25H30N4O4. The first-order valence-corrected chi connectivity index (χ1v) is 11.4. The minimum absolute atomic E-state index is 0.0289. The predicted molar refractivity (Wildman–Crippen MR) is 125 cm³/mol. The van der Waals surface area contributed by atoms with E-state index in [0.717, 1.165) is 11.1 Å². The molecule has 3 aromatic rings. The van der Waals surface area contributed by atoms with Crippen LogP contribution in [0.2, 0.25) is 0 Å². The molecule has 1 fully saturated rings. The van der Waals surface area contributed by atoms with Gasteiger partial charge in [-0.15, -0.1) is 0 Å². The largest absolute Gasteiger partial charge is 0.473 e. The molecule has 1 amide bonds. The number of amides is 1. The Hall–Kier alpha value is -3.10. The summed E-state index contributed by atoms with van der Waals surface area (Å²) in [6.07, 6.45) is 4.30. The molecule has 0 spiro atoms. The van der Waals surface area contributed by atoms with Crippen LogP contribution in [0.3, 0.4) is 0 Å². The van der Waals surface area contributed by atoms with Gasteiger partial charge in [-0.25, -0.2) is 9.97 Å². The molecule has 8 nitrogen and oxygen atoms in total. The molecule has 0 radical (unpaired) electrons. The number of benzene rings is 1. The molecule has 3 heterocycles. The Kier molecular flexibility index (Phi) is 6.85. The van der Waals surface area contributed by atoms with Crippen molar-refractivity contribution in [2.24, 2.45) is 0 Å². The lowest BCUT2D eigenvalue weighted by molar-refractivity contribution is -0.137. The van der Waals surface area contributed by atoms with Crippen molar-refractivity contribution >= 4 is 16.9 Å². The highest BCUT2D eigenvalue weighted by Crippen LogP contribution is 2.32. The summed E-state index contributed by atoms with van der Waals surface area (Å²) in [5, 5.41) is 10.8. The summed E-state index contributed by atoms with van der Waals surface area (Å²) in [4.78, 5) is 27.0. The second-order valence-electron chi connectivity index (χ2n) is 8.32. The molecule has 174 valence electrons. The summed E-state index contributed by atoms with van der Waals surface area (Å²) in [5.41, 5.74) is 2.90. The number of carbonyl (C=O) groups is 1. The lowest BCUT2D eigenvalue weighted by Crippen LogP contribution is -2.46. The van der Waals surface area contributed by atoms with Gasteiger partial charge in [0.15, 0.2) is 5.52 Å². The Morgan fingerprint density at radius 2 is 1.94 bits per heavy atom. The predicted octanol–water partition coefficient (Wildman–Crippen LogP) is 3.33. The quantitative estimate of drug-likeness (QED) is 0.590. The fourth-order valence-corrected chi connectivity index (χ4v) is 4.08. The minimum Gasteiger partial charge on any atom is -0.473 e. The van der Waals surface area contributed by atoms with Crippen molar-refractivity contribution in [2.45, 2.75) is 45.3 Å². The molecule has 0 bridgehead atoms. The third-order valence-corrected chi connectivity index (χ3v) is 6.30. The van der Waals surface area contributed by atoms with Gasteiger partial charge >= 0.3 is 0 Å². The SMILES string of the molecule is CCC(O)(CC)c1ccc(-c2cc3nccnc3c(OC[C@@H]3CN(C(C)=O)CCO3)n2)cc1. The minimum atomic E-state index is -0.831. The molecule has 2 aromatic heterocycles. The van der Waals surface area contributed by atoms with Crippen LogP contribution in [-0.2, 0) is 15.1 Å². The van der Waals surface area contributed by atoms with Crippen LogP contribution in [0, 0.1) is 0 Å². The zero-order chi connectivity index (χ0) is 23.4. The summed E-state index contributed by atoms with van der Waals surface area (Å²) in [7, 11) is 0. The number of rotatable bonds is 7. The Balaban J connectivity index is 1.60. The van der Waals surface area contributed by atoms with Crippen molar-refractivity contribution in [3.05, 3.63) is 48.3 Å². The van der Waals surface area contributed by atoms with Crippen LogP contribution in [0.25, 0.3) is 22.3 Å². The molecule has 8 heteroatoms. The molecular weight excluding hydrogens is 420 g/mol. The highest BCUT2D eigenvalue weighted by molar-refractivity contribution is 5.83. The first kappa shape index (κ1) is 23.1. The van der Waals surface area contributed by atoms with Crippen LogP contribution >= 0.6 is 0 Å². The van der Waals surface area contributed by atoms with Crippen LogP contribution < -0.4 is 4.74 Å². The van der Waals surface area contributed by atoms with E-state index >= 15 is 0 Å². The number of ether oxygens (including phenoxy) is 2. The van der Waals surface area contributed by atoms with Crippen molar-refractivity contribution in [3.8, 4) is 17.1 Å². The van der Waals surface area contributed by atoms with Gasteiger partial charge in [-0.2, -0.15) is 0 Å². The maximum atomic E-state index is 11.7. The van der Waals surface area contributed by atoms with E-state index in [1.807, 2.05) is 44.2 Å². The van der Waals surface area contributed by atoms with Crippen LogP contribution in [-0.4, -0.2) is 63.3 Å². The zero-order valence-electron chi connectivity index (χ0n) is 19.3. The van der Waals surface area contributed by atoms with E-state index in [4.69, 9.17) is 14.5 Å². The Bertz CT molecular complexity index is 1120. The number of fused-ring (bicyclic) bond motifs is 1. The van der Waals surface area contributed by atoms with E-state index in [9.17, 15) is 9.90 Å². The molecule has 1 N–H and O–H groups in total. The smallest absolute Gasteiger partial charge is 0.242 e. The summed E-state index contributed by atoms with van der Waals surface area (Å²) >= 11 is 0. The van der Waals surface area contributed by atoms with Gasteiger partial charge in [-0.05, 0) is 24.5 Å². The van der Waals surface area contributed by atoms with Crippen molar-refractivity contribution in [2.75, 3.05) is 26.3 Å². The van der Waals surface area contributed by atoms with Gasteiger partial charge in [0.25, 0.3) is 0 Å². The number of pyridine rings is 1. The first-order valence-electron chi connectivity index (χ1n) is 11.4. The molecule has 0 saturated carbocycles. The number of aromatic nitrogens is 3. The van der Waals surface area contributed by atoms with Crippen LogP contribution in [0.15, 0.2) is 42.7 Å². The van der Waals surface area contributed by atoms with E-state index in [1.54, 1.807) is 24.2 Å². The lowest BCUT2D eigenvalue weighted by atomic mass is 9.88. The Morgan fingerprint density at radius 3 is 2.64 bits per heavy atom. The maximum Gasteiger partial charge on any atom is 0.242 e. The number of carbonyl (C=O) groups excluding carboxylic acids is 1. The van der Waals surface area contributed by atoms with Crippen molar-refractivity contribution in [1.29, 1.82) is 0 Å². The van der Waals surface area contributed by atoms with E-state index in [2.05, 4.69) is 9.97 Å². The third-order valence-electron chi connectivity index (χ3n) is 6.30. The second kappa shape index (κ2) is 9.80. The molecule has 33 heavy (non-hydrogen) atoms. The normalized spacial score (nSPS) is 16.7. The van der Waals surface area contributed by atoms with Gasteiger partial charge in [0, 0.05) is 31.4 Å². The van der Waals surface area contributed by atoms with E-state index in [0.29, 0.717) is 55.1 Å². The molecule has 4 rings (SSSR count). The molecule has 1 aliphatic heterocycles. The fourth-order valence-electron chi connectivity index (χ4n) is 4.08. The van der Waals surface area contributed by atoms with Gasteiger partial charge in [0.1, 0.15) is 12.7 Å². The van der Waals surface area contributed by atoms with Gasteiger partial charge in [0.05, 0.1) is 30.0 Å². The molecule has 1 aliphatic rings. The Labute approximate surface area is 193 Å². The number of hydrogen-bond donors (Lipinski definition) is 1. The number of morpholine rings is 1. The number of aliphatic hydroxyl groups is 1. The Morgan fingerprint density at radius 1 is 1.21 bits per heavy atom. The zero-order valence-corrected chi connectivity index (χ0v) is 19.3. The molecule has 1 aromatic carbocycles. The van der Waals surface area contributed by atoms with Crippen LogP contribution in [0.5, 0.6) is 5.88 Å². The van der Waals surface area contributed by atoms with Crippen LogP contribution in [0.4, 0.5) is 0 Å². The first-order chi connectivity index (χ1) is 15.9. The van der Waals surface area contributed by atoms with Crippen molar-refractivity contribution in [3.63, 3.8) is 0 Å². The average molecular weight is 451 g/mol. The summed E-state index contributed by atoms with van der Waals surface area (Å²) in [6, 6.07) is 9.67. The van der Waals surface area contributed by atoms with Gasteiger partial charge < -0.3 is 19.5 Å². The standard InChI is InChI=1S/C25H30N4O4/c1-4-25(31,5-2)19-8-6-18(7-9-19)21-14-22-23(27-11-10-26-22)24(28-21)33-16-20-15-29(17(3)30)12-13-32-20/h6-11,14,20,31H,4-5,12-13,15-16H2,1-3H3/t20-/m0/s1. The molecule has 1 atom stereocenters. The summed E-state index contributed by atoms with van der Waals surface area (Å²) in [5.74, 6) is 0.406. The van der Waals surface area contributed by atoms with E-state index in [1.165, 1.54) is 0 Å². The second-order valence-corrected chi connectivity index (χ2v) is 8.32. The fraction of sp³-hybridized carbons (Fsp3) is 0.440. The van der Waals surface area contributed by atoms with Gasteiger partial charge in [-0.3, -0.25) is 9.78 Å². The van der Waals surface area contributed by atoms with Gasteiger partial charge in [-0.1, -0.05) is 38.1 Å². The topological polar surface area (TPSA) is 97.7 Å². The van der Waals surface area contributed by atoms with E-state index < -0.39 is 5.60 Å². The monoisotopic (exact) mass is 450 g/mol. The van der Waals surface area contributed by atoms with Crippen LogP contribution in [0.1, 0.15) is 39.2 Å². The highest BCUT2D eigenvalue weighted by Gasteiger charge is 2.25. The molecule has 1 saturated heterocycles. The number of hydrogen-bond acceptors (Lipinski definition) is 7. The highest BCUT2D eigenvalue weighted by atomic mass is 16.5. The lowest BCUT2D eigenvalue weighted by Gasteiger charge is -2.32. The van der Waals surface area contributed by atoms with Gasteiger partial charge in [0.2, 0.25) is 11.8 Å². The molecule has 0 unspecified atom stereocenters. The summed E-state index contributed by atoms with van der Waals surface area (Å²) < 4.78 is 11.8. The van der Waals surface area contributed by atoms with Crippen molar-refractivity contribution < 1.29 is 19.4 Å². The van der Waals surface area contributed by atoms with Crippen molar-refractivity contribution in [1.82, 2.24) is 19.9 Å². The average Bonchev–Trinajstić information content (AvgIpc) is 2.87. The molecule has 0 aliphatic carbocycles. The van der Waals surface area contributed by atoms with E-state index in [-0.39, 0.29) is 18.6 Å².